The topological polar surface area (TPSA) is 39.7 Å². The Labute approximate surface area is 158 Å². The van der Waals surface area contributed by atoms with E-state index in [1.165, 1.54) is 16.7 Å². The Balaban J connectivity index is 1.90. The van der Waals surface area contributed by atoms with Crippen LogP contribution < -0.4 is 10.6 Å². The summed E-state index contributed by atoms with van der Waals surface area (Å²) in [5, 5.41) is 6.87. The van der Waals surface area contributed by atoms with Gasteiger partial charge in [0.1, 0.15) is 0 Å². The molecule has 0 heterocycles. The van der Waals surface area contributed by atoms with Crippen molar-refractivity contribution in [3.8, 4) is 0 Å². The fourth-order valence-electron chi connectivity index (χ4n) is 2.91. The highest BCUT2D eigenvalue weighted by atomic mass is 15.2. The van der Waals surface area contributed by atoms with Crippen LogP contribution in [0.15, 0.2) is 59.6 Å². The molecule has 0 bridgehead atoms. The molecule has 0 aliphatic rings. The first kappa shape index (κ1) is 20.0. The minimum atomic E-state index is 0.0322. The van der Waals surface area contributed by atoms with Crippen LogP contribution in [0, 0.1) is 0 Å². The maximum absolute atomic E-state index is 4.36. The first-order valence-electron chi connectivity index (χ1n) is 9.13. The van der Waals surface area contributed by atoms with Crippen molar-refractivity contribution < 1.29 is 0 Å². The molecular weight excluding hydrogens is 320 g/mol. The van der Waals surface area contributed by atoms with Crippen molar-refractivity contribution >= 4 is 5.96 Å². The summed E-state index contributed by atoms with van der Waals surface area (Å²) in [6, 6.07) is 19.3. The second-order valence-corrected chi connectivity index (χ2v) is 7.59. The number of hydrogen-bond donors (Lipinski definition) is 2. The second-order valence-electron chi connectivity index (χ2n) is 7.59. The van der Waals surface area contributed by atoms with Gasteiger partial charge < -0.3 is 15.5 Å². The molecule has 0 fully saturated rings. The molecule has 2 N–H and O–H groups in total. The highest BCUT2D eigenvalue weighted by Crippen LogP contribution is 2.21. The lowest BCUT2D eigenvalue weighted by Gasteiger charge is -2.26. The lowest BCUT2D eigenvalue weighted by atomic mass is 9.85. The van der Waals surface area contributed by atoms with Gasteiger partial charge >= 0.3 is 0 Å². The predicted octanol–water partition coefficient (Wildman–Crippen LogP) is 3.39. The van der Waals surface area contributed by atoms with Gasteiger partial charge in [0.05, 0.1) is 0 Å². The van der Waals surface area contributed by atoms with Crippen molar-refractivity contribution in [2.24, 2.45) is 4.99 Å². The maximum Gasteiger partial charge on any atom is 0.191 e. The Bertz CT molecular complexity index is 705. The molecule has 0 aromatic heterocycles. The molecule has 0 aliphatic heterocycles. The van der Waals surface area contributed by atoms with E-state index in [1.807, 2.05) is 7.05 Å². The molecule has 0 saturated heterocycles. The van der Waals surface area contributed by atoms with E-state index in [0.29, 0.717) is 0 Å². The second kappa shape index (κ2) is 9.39. The van der Waals surface area contributed by atoms with E-state index in [0.717, 1.165) is 25.6 Å². The molecule has 0 spiro atoms. The van der Waals surface area contributed by atoms with Gasteiger partial charge in [-0.1, -0.05) is 68.4 Å². The first-order valence-corrected chi connectivity index (χ1v) is 9.13. The van der Waals surface area contributed by atoms with Crippen molar-refractivity contribution in [3.05, 3.63) is 71.3 Å². The third-order valence-corrected chi connectivity index (χ3v) is 4.43. The van der Waals surface area contributed by atoms with Crippen molar-refractivity contribution in [1.82, 2.24) is 15.5 Å². The number of rotatable bonds is 7. The highest BCUT2D eigenvalue weighted by molar-refractivity contribution is 5.79. The van der Waals surface area contributed by atoms with Crippen molar-refractivity contribution in [3.63, 3.8) is 0 Å². The fourth-order valence-corrected chi connectivity index (χ4v) is 2.91. The Morgan fingerprint density at radius 1 is 0.962 bits per heavy atom. The smallest absolute Gasteiger partial charge is 0.191 e. The Morgan fingerprint density at radius 3 is 2.31 bits per heavy atom. The molecule has 2 rings (SSSR count). The van der Waals surface area contributed by atoms with Crippen LogP contribution in [0.25, 0.3) is 0 Å². The summed E-state index contributed by atoms with van der Waals surface area (Å²) in [6.07, 6.45) is 0. The van der Waals surface area contributed by atoms with Crippen LogP contribution in [0.4, 0.5) is 0 Å². The Hall–Kier alpha value is -2.33. The van der Waals surface area contributed by atoms with E-state index in [2.05, 4.69) is 103 Å². The summed E-state index contributed by atoms with van der Waals surface area (Å²) in [5.74, 6) is 0.826. The number of nitrogens with one attached hydrogen (secondary N) is 2. The van der Waals surface area contributed by atoms with Gasteiger partial charge in [0, 0.05) is 32.1 Å². The molecule has 0 aliphatic carbocycles. The molecule has 0 atom stereocenters. The van der Waals surface area contributed by atoms with Crippen LogP contribution in [-0.4, -0.2) is 38.5 Å². The standard InChI is InChI=1S/C22H32N4/c1-22(2,20-12-7-6-8-13-20)17-25-21(23-3)24-15-18-10-9-11-19(14-18)16-26(4)5/h6-14H,15-17H2,1-5H3,(H2,23,24,25). The van der Waals surface area contributed by atoms with E-state index < -0.39 is 0 Å². The molecule has 4 heteroatoms. The summed E-state index contributed by atoms with van der Waals surface area (Å²) in [7, 11) is 5.99. The van der Waals surface area contributed by atoms with E-state index >= 15 is 0 Å². The fraction of sp³-hybridized carbons (Fsp3) is 0.409. The molecule has 0 unspecified atom stereocenters. The molecule has 0 saturated carbocycles. The third kappa shape index (κ3) is 6.19. The lowest BCUT2D eigenvalue weighted by Crippen LogP contribution is -2.43. The average molecular weight is 353 g/mol. The van der Waals surface area contributed by atoms with Gasteiger partial charge in [-0.05, 0) is 30.8 Å². The minimum absolute atomic E-state index is 0.0322. The molecule has 2 aromatic carbocycles. The summed E-state index contributed by atoms with van der Waals surface area (Å²) in [4.78, 5) is 6.54. The lowest BCUT2D eigenvalue weighted by molar-refractivity contribution is 0.402. The van der Waals surface area contributed by atoms with E-state index in [-0.39, 0.29) is 5.41 Å². The van der Waals surface area contributed by atoms with Crippen LogP contribution in [-0.2, 0) is 18.5 Å². The van der Waals surface area contributed by atoms with Crippen molar-refractivity contribution in [1.29, 1.82) is 0 Å². The number of guanidine groups is 1. The normalized spacial score (nSPS) is 12.3. The summed E-state index contributed by atoms with van der Waals surface area (Å²) in [6.45, 7) is 7.01. The SMILES string of the molecule is CN=C(NCc1cccc(CN(C)C)c1)NCC(C)(C)c1ccccc1. The van der Waals surface area contributed by atoms with Gasteiger partial charge in [-0.2, -0.15) is 0 Å². The molecule has 0 amide bonds. The number of aliphatic imine (C=N–C) groups is 1. The van der Waals surface area contributed by atoms with Gasteiger partial charge in [0.2, 0.25) is 0 Å². The average Bonchev–Trinajstić information content (AvgIpc) is 2.62. The predicted molar refractivity (Wildman–Crippen MR) is 112 cm³/mol. The molecule has 4 nitrogen and oxygen atoms in total. The highest BCUT2D eigenvalue weighted by Gasteiger charge is 2.20. The van der Waals surface area contributed by atoms with Crippen molar-refractivity contribution in [2.45, 2.75) is 32.4 Å². The Morgan fingerprint density at radius 2 is 1.65 bits per heavy atom. The quantitative estimate of drug-likeness (QED) is 0.593. The zero-order valence-electron chi connectivity index (χ0n) is 16.7. The molecule has 140 valence electrons. The van der Waals surface area contributed by atoms with Gasteiger partial charge in [-0.15, -0.1) is 0 Å². The largest absolute Gasteiger partial charge is 0.356 e. The Kier molecular flexibility index (Phi) is 7.22. The summed E-state index contributed by atoms with van der Waals surface area (Å²) in [5.41, 5.74) is 3.93. The van der Waals surface area contributed by atoms with Gasteiger partial charge in [0.25, 0.3) is 0 Å². The number of hydrogen-bond acceptors (Lipinski definition) is 2. The van der Waals surface area contributed by atoms with E-state index in [4.69, 9.17) is 0 Å². The monoisotopic (exact) mass is 352 g/mol. The minimum Gasteiger partial charge on any atom is -0.356 e. The van der Waals surface area contributed by atoms with E-state index in [9.17, 15) is 0 Å². The van der Waals surface area contributed by atoms with Gasteiger partial charge in [-0.25, -0.2) is 0 Å². The molecule has 0 radical (unpaired) electrons. The number of nitrogens with zero attached hydrogens (tertiary/aromatic N) is 2. The van der Waals surface area contributed by atoms with Crippen molar-refractivity contribution in [2.75, 3.05) is 27.7 Å². The van der Waals surface area contributed by atoms with Crippen LogP contribution in [0.5, 0.6) is 0 Å². The summed E-state index contributed by atoms with van der Waals surface area (Å²) >= 11 is 0. The molecule has 26 heavy (non-hydrogen) atoms. The summed E-state index contributed by atoms with van der Waals surface area (Å²) < 4.78 is 0. The molecular formula is C22H32N4. The number of benzene rings is 2. The van der Waals surface area contributed by atoms with Crippen LogP contribution in [0.1, 0.15) is 30.5 Å². The van der Waals surface area contributed by atoms with E-state index in [1.54, 1.807) is 0 Å². The zero-order valence-corrected chi connectivity index (χ0v) is 16.7. The van der Waals surface area contributed by atoms with Crippen LogP contribution in [0.3, 0.4) is 0 Å². The first-order chi connectivity index (χ1) is 12.4. The van der Waals surface area contributed by atoms with Gasteiger partial charge in [-0.3, -0.25) is 4.99 Å². The zero-order chi connectivity index (χ0) is 19.0. The molecule has 2 aromatic rings. The van der Waals surface area contributed by atoms with Crippen LogP contribution >= 0.6 is 0 Å². The maximum atomic E-state index is 4.36. The third-order valence-electron chi connectivity index (χ3n) is 4.43. The van der Waals surface area contributed by atoms with Crippen LogP contribution in [0.2, 0.25) is 0 Å². The van der Waals surface area contributed by atoms with Gasteiger partial charge in [0.15, 0.2) is 5.96 Å².